The highest BCUT2D eigenvalue weighted by molar-refractivity contribution is 5.97. The molecule has 7 heteroatoms. The fraction of sp³-hybridized carbons (Fsp3) is 0.375. The van der Waals surface area contributed by atoms with Crippen molar-refractivity contribution in [1.82, 2.24) is 9.88 Å². The monoisotopic (exact) mass is 314 g/mol. The molecule has 1 amide bonds. The van der Waals surface area contributed by atoms with Crippen LogP contribution in [0.1, 0.15) is 18.5 Å². The van der Waals surface area contributed by atoms with Crippen molar-refractivity contribution in [3.05, 3.63) is 40.1 Å². The SMILES string of the molecule is Cc1cc(NCC(=O)N2CCCC2)c2cccc([N+](=O)[O-])c2n1. The van der Waals surface area contributed by atoms with Crippen LogP contribution in [0.3, 0.4) is 0 Å². The first kappa shape index (κ1) is 15.2. The predicted molar refractivity (Wildman–Crippen MR) is 87.4 cm³/mol. The number of likely N-dealkylation sites (tertiary alicyclic amines) is 1. The Labute approximate surface area is 133 Å². The number of pyridine rings is 1. The molecular formula is C16H18N4O3. The number of aromatic nitrogens is 1. The summed E-state index contributed by atoms with van der Waals surface area (Å²) < 4.78 is 0. The number of hydrogen-bond acceptors (Lipinski definition) is 5. The van der Waals surface area contributed by atoms with Crippen molar-refractivity contribution in [2.24, 2.45) is 0 Å². The molecule has 0 bridgehead atoms. The third-order valence-corrected chi connectivity index (χ3v) is 4.03. The molecule has 0 atom stereocenters. The topological polar surface area (TPSA) is 88.4 Å². The van der Waals surface area contributed by atoms with E-state index in [1.807, 2.05) is 11.0 Å². The molecule has 2 aromatic rings. The normalized spacial score (nSPS) is 14.2. The molecule has 0 spiro atoms. The van der Waals surface area contributed by atoms with Gasteiger partial charge in [0.25, 0.3) is 5.69 Å². The van der Waals surface area contributed by atoms with Crippen LogP contribution in [0.2, 0.25) is 0 Å². The number of non-ortho nitro benzene ring substituents is 1. The van der Waals surface area contributed by atoms with Gasteiger partial charge >= 0.3 is 0 Å². The molecule has 23 heavy (non-hydrogen) atoms. The lowest BCUT2D eigenvalue weighted by atomic mass is 10.1. The van der Waals surface area contributed by atoms with Crippen LogP contribution in [0.15, 0.2) is 24.3 Å². The highest BCUT2D eigenvalue weighted by atomic mass is 16.6. The Hall–Kier alpha value is -2.70. The van der Waals surface area contributed by atoms with Gasteiger partial charge in [-0.05, 0) is 25.8 Å². The van der Waals surface area contributed by atoms with Gasteiger partial charge in [-0.15, -0.1) is 0 Å². The summed E-state index contributed by atoms with van der Waals surface area (Å²) >= 11 is 0. The Morgan fingerprint density at radius 2 is 2.13 bits per heavy atom. The molecule has 1 aromatic carbocycles. The summed E-state index contributed by atoms with van der Waals surface area (Å²) in [5.41, 5.74) is 1.68. The number of fused-ring (bicyclic) bond motifs is 1. The van der Waals surface area contributed by atoms with Crippen LogP contribution in [0.4, 0.5) is 11.4 Å². The Morgan fingerprint density at radius 1 is 1.39 bits per heavy atom. The highest BCUT2D eigenvalue weighted by Gasteiger charge is 2.19. The summed E-state index contributed by atoms with van der Waals surface area (Å²) in [5.74, 6) is 0.0514. The minimum atomic E-state index is -0.437. The summed E-state index contributed by atoms with van der Waals surface area (Å²) in [6.45, 7) is 3.58. The fourth-order valence-corrected chi connectivity index (χ4v) is 2.90. The number of carbonyl (C=O) groups is 1. The molecule has 0 unspecified atom stereocenters. The predicted octanol–water partition coefficient (Wildman–Crippen LogP) is 2.49. The van der Waals surface area contributed by atoms with Gasteiger partial charge in [-0.3, -0.25) is 14.9 Å². The van der Waals surface area contributed by atoms with Crippen LogP contribution in [-0.2, 0) is 4.79 Å². The minimum absolute atomic E-state index is 0.0277. The molecule has 0 aliphatic carbocycles. The lowest BCUT2D eigenvalue weighted by molar-refractivity contribution is -0.383. The summed E-state index contributed by atoms with van der Waals surface area (Å²) in [6, 6.07) is 6.65. The van der Waals surface area contributed by atoms with Crippen molar-refractivity contribution in [3.8, 4) is 0 Å². The van der Waals surface area contributed by atoms with E-state index in [9.17, 15) is 14.9 Å². The molecule has 7 nitrogen and oxygen atoms in total. The van der Waals surface area contributed by atoms with E-state index < -0.39 is 4.92 Å². The zero-order chi connectivity index (χ0) is 16.4. The highest BCUT2D eigenvalue weighted by Crippen LogP contribution is 2.29. The second kappa shape index (κ2) is 6.20. The van der Waals surface area contributed by atoms with E-state index in [1.54, 1.807) is 19.1 Å². The van der Waals surface area contributed by atoms with Gasteiger partial charge in [0.05, 0.1) is 11.5 Å². The van der Waals surface area contributed by atoms with Crippen LogP contribution < -0.4 is 5.32 Å². The lowest BCUT2D eigenvalue weighted by Crippen LogP contribution is -2.33. The maximum Gasteiger partial charge on any atom is 0.295 e. The number of amides is 1. The van der Waals surface area contributed by atoms with Gasteiger partial charge in [-0.1, -0.05) is 12.1 Å². The second-order valence-corrected chi connectivity index (χ2v) is 5.68. The zero-order valence-electron chi connectivity index (χ0n) is 12.9. The molecule has 1 aliphatic rings. The summed E-state index contributed by atoms with van der Waals surface area (Å²) in [5, 5.41) is 14.9. The first-order valence-corrected chi connectivity index (χ1v) is 7.62. The van der Waals surface area contributed by atoms with Gasteiger partial charge in [-0.2, -0.15) is 0 Å². The molecule has 1 fully saturated rings. The molecule has 1 N–H and O–H groups in total. The number of anilines is 1. The fourth-order valence-electron chi connectivity index (χ4n) is 2.90. The van der Waals surface area contributed by atoms with Crippen molar-refractivity contribution >= 4 is 28.2 Å². The zero-order valence-corrected chi connectivity index (χ0v) is 12.9. The van der Waals surface area contributed by atoms with Crippen LogP contribution >= 0.6 is 0 Å². The molecule has 1 aromatic heterocycles. The Balaban J connectivity index is 1.89. The van der Waals surface area contributed by atoms with Crippen LogP contribution in [-0.4, -0.2) is 40.3 Å². The smallest absolute Gasteiger partial charge is 0.295 e. The summed E-state index contributed by atoms with van der Waals surface area (Å²) in [7, 11) is 0. The Bertz CT molecular complexity index is 769. The lowest BCUT2D eigenvalue weighted by Gasteiger charge is -2.17. The first-order chi connectivity index (χ1) is 11.1. The minimum Gasteiger partial charge on any atom is -0.376 e. The van der Waals surface area contributed by atoms with E-state index in [0.717, 1.165) is 25.9 Å². The van der Waals surface area contributed by atoms with E-state index in [4.69, 9.17) is 0 Å². The largest absolute Gasteiger partial charge is 0.376 e. The number of benzene rings is 1. The Morgan fingerprint density at radius 3 is 2.83 bits per heavy atom. The number of nitro benzene ring substituents is 1. The van der Waals surface area contributed by atoms with Crippen LogP contribution in [0.5, 0.6) is 0 Å². The first-order valence-electron chi connectivity index (χ1n) is 7.62. The molecule has 2 heterocycles. The van der Waals surface area contributed by atoms with Crippen molar-refractivity contribution in [2.75, 3.05) is 25.0 Å². The van der Waals surface area contributed by atoms with Gasteiger partial charge in [0, 0.05) is 35.9 Å². The van der Waals surface area contributed by atoms with E-state index in [1.165, 1.54) is 6.07 Å². The van der Waals surface area contributed by atoms with Gasteiger partial charge in [-0.25, -0.2) is 4.98 Å². The van der Waals surface area contributed by atoms with E-state index in [2.05, 4.69) is 10.3 Å². The van der Waals surface area contributed by atoms with Gasteiger partial charge in [0.1, 0.15) is 0 Å². The second-order valence-electron chi connectivity index (χ2n) is 5.68. The van der Waals surface area contributed by atoms with Crippen molar-refractivity contribution < 1.29 is 9.72 Å². The maximum absolute atomic E-state index is 12.2. The Kier molecular flexibility index (Phi) is 4.10. The number of para-hydroxylation sites is 1. The average molecular weight is 314 g/mol. The van der Waals surface area contributed by atoms with Crippen molar-refractivity contribution in [2.45, 2.75) is 19.8 Å². The standard InChI is InChI=1S/C16H18N4O3/c1-11-9-13(17-10-15(21)19-7-2-3-8-19)12-5-4-6-14(20(22)23)16(12)18-11/h4-6,9H,2-3,7-8,10H2,1H3,(H,17,18). The van der Waals surface area contributed by atoms with E-state index >= 15 is 0 Å². The van der Waals surface area contributed by atoms with Gasteiger partial charge < -0.3 is 10.2 Å². The van der Waals surface area contributed by atoms with Crippen LogP contribution in [0, 0.1) is 17.0 Å². The maximum atomic E-state index is 12.2. The van der Waals surface area contributed by atoms with E-state index in [-0.39, 0.29) is 18.1 Å². The molecule has 3 rings (SSSR count). The van der Waals surface area contributed by atoms with Crippen molar-refractivity contribution in [1.29, 1.82) is 0 Å². The summed E-state index contributed by atoms with van der Waals surface area (Å²) in [4.78, 5) is 29.0. The average Bonchev–Trinajstić information content (AvgIpc) is 3.05. The van der Waals surface area contributed by atoms with E-state index in [0.29, 0.717) is 22.3 Å². The molecule has 1 saturated heterocycles. The number of nitro groups is 1. The van der Waals surface area contributed by atoms with Gasteiger partial charge in [0.15, 0.2) is 5.52 Å². The quantitative estimate of drug-likeness (QED) is 0.692. The molecule has 0 saturated carbocycles. The summed E-state index contributed by atoms with van der Waals surface area (Å²) in [6.07, 6.45) is 2.10. The molecule has 120 valence electrons. The molecule has 0 radical (unpaired) electrons. The van der Waals surface area contributed by atoms with Crippen LogP contribution in [0.25, 0.3) is 10.9 Å². The number of aryl methyl sites for hydroxylation is 1. The molecule has 1 aliphatic heterocycles. The number of nitrogens with one attached hydrogen (secondary N) is 1. The molecular weight excluding hydrogens is 296 g/mol. The number of carbonyl (C=O) groups excluding carboxylic acids is 1. The third kappa shape index (κ3) is 3.08. The number of hydrogen-bond donors (Lipinski definition) is 1. The third-order valence-electron chi connectivity index (χ3n) is 4.03. The number of nitrogens with zero attached hydrogens (tertiary/aromatic N) is 3. The number of rotatable bonds is 4. The van der Waals surface area contributed by atoms with Crippen molar-refractivity contribution in [3.63, 3.8) is 0 Å². The van der Waals surface area contributed by atoms with Gasteiger partial charge in [0.2, 0.25) is 5.91 Å².